The van der Waals surface area contributed by atoms with E-state index in [9.17, 15) is 0 Å². The lowest BCUT2D eigenvalue weighted by atomic mass is 10.3. The third kappa shape index (κ3) is 2.02. The Hall–Kier alpha value is -0.380. The molecule has 0 fully saturated rings. The van der Waals surface area contributed by atoms with Gasteiger partial charge >= 0.3 is 0 Å². The van der Waals surface area contributed by atoms with Gasteiger partial charge in [0.05, 0.1) is 21.9 Å². The third-order valence-electron chi connectivity index (χ3n) is 1.19. The molecule has 2 N–H and O–H groups in total. The van der Waals surface area contributed by atoms with Crippen LogP contribution in [-0.2, 0) is 6.42 Å². The van der Waals surface area contributed by atoms with E-state index in [4.69, 9.17) is 28.9 Å². The number of hydrogen-bond donors (Lipinski definition) is 1. The van der Waals surface area contributed by atoms with Crippen molar-refractivity contribution in [2.45, 2.75) is 6.42 Å². The van der Waals surface area contributed by atoms with Gasteiger partial charge in [0.1, 0.15) is 0 Å². The number of nitrogens with zero attached hydrogens (tertiary/aromatic N) is 2. The van der Waals surface area contributed by atoms with Crippen LogP contribution in [0.15, 0.2) is 6.20 Å². The molecule has 0 spiro atoms. The lowest BCUT2D eigenvalue weighted by Gasteiger charge is -1.99. The predicted octanol–water partition coefficient (Wildman–Crippen LogP) is 1.28. The molecule has 0 aromatic carbocycles. The fourth-order valence-corrected chi connectivity index (χ4v) is 1.02. The summed E-state index contributed by atoms with van der Waals surface area (Å²) in [4.78, 5) is 0. The van der Waals surface area contributed by atoms with Crippen molar-refractivity contribution < 1.29 is 0 Å². The Morgan fingerprint density at radius 3 is 2.82 bits per heavy atom. The van der Waals surface area contributed by atoms with Crippen LogP contribution >= 0.6 is 23.2 Å². The van der Waals surface area contributed by atoms with Crippen molar-refractivity contribution >= 4 is 23.2 Å². The highest BCUT2D eigenvalue weighted by Crippen LogP contribution is 2.22. The molecule has 60 valence electrons. The van der Waals surface area contributed by atoms with Crippen LogP contribution in [0.25, 0.3) is 0 Å². The van der Waals surface area contributed by atoms with Gasteiger partial charge in [0, 0.05) is 6.42 Å². The van der Waals surface area contributed by atoms with Gasteiger partial charge in [0.2, 0.25) is 0 Å². The van der Waals surface area contributed by atoms with Crippen LogP contribution in [0.2, 0.25) is 10.0 Å². The molecule has 0 aliphatic heterocycles. The first-order valence-corrected chi connectivity index (χ1v) is 3.87. The highest BCUT2D eigenvalue weighted by molar-refractivity contribution is 6.42. The van der Waals surface area contributed by atoms with Gasteiger partial charge in [-0.25, -0.2) is 0 Å². The summed E-state index contributed by atoms with van der Waals surface area (Å²) in [6.45, 7) is 0.495. The zero-order chi connectivity index (χ0) is 8.27. The zero-order valence-electron chi connectivity index (χ0n) is 5.72. The summed E-state index contributed by atoms with van der Waals surface area (Å²) in [5.41, 5.74) is 5.96. The Morgan fingerprint density at radius 1 is 1.45 bits per heavy atom. The summed E-state index contributed by atoms with van der Waals surface area (Å²) in [7, 11) is 0. The second kappa shape index (κ2) is 3.85. The monoisotopic (exact) mass is 191 g/mol. The second-order valence-corrected chi connectivity index (χ2v) is 2.78. The molecule has 1 aromatic rings. The van der Waals surface area contributed by atoms with Gasteiger partial charge < -0.3 is 5.73 Å². The van der Waals surface area contributed by atoms with Crippen LogP contribution in [0, 0.1) is 0 Å². The molecular formula is C6H7Cl2N3. The second-order valence-electron chi connectivity index (χ2n) is 1.99. The summed E-state index contributed by atoms with van der Waals surface area (Å²) in [5.74, 6) is 0. The van der Waals surface area contributed by atoms with E-state index < -0.39 is 0 Å². The van der Waals surface area contributed by atoms with Crippen LogP contribution in [0.3, 0.4) is 0 Å². The van der Waals surface area contributed by atoms with E-state index in [2.05, 4.69) is 10.2 Å². The van der Waals surface area contributed by atoms with Crippen molar-refractivity contribution in [1.82, 2.24) is 10.2 Å². The molecule has 0 unspecified atom stereocenters. The molecule has 1 rings (SSSR count). The van der Waals surface area contributed by atoms with Crippen LogP contribution < -0.4 is 5.73 Å². The summed E-state index contributed by atoms with van der Waals surface area (Å²) in [6.07, 6.45) is 2.01. The molecule has 0 atom stereocenters. The van der Waals surface area contributed by atoms with Crippen molar-refractivity contribution in [1.29, 1.82) is 0 Å². The van der Waals surface area contributed by atoms with Crippen molar-refractivity contribution in [2.24, 2.45) is 5.73 Å². The van der Waals surface area contributed by atoms with Gasteiger partial charge in [-0.05, 0) is 6.54 Å². The summed E-state index contributed by atoms with van der Waals surface area (Å²) >= 11 is 11.5. The Kier molecular flexibility index (Phi) is 3.05. The molecule has 0 radical (unpaired) electrons. The molecule has 0 saturated carbocycles. The maximum atomic E-state index is 5.78. The van der Waals surface area contributed by atoms with Crippen LogP contribution in [-0.4, -0.2) is 16.7 Å². The molecule has 0 aliphatic rings. The Labute approximate surface area is 74.5 Å². The number of hydrogen-bond acceptors (Lipinski definition) is 3. The molecule has 0 bridgehead atoms. The normalized spacial score (nSPS) is 10.1. The van der Waals surface area contributed by atoms with E-state index >= 15 is 0 Å². The third-order valence-corrected chi connectivity index (χ3v) is 2.00. The van der Waals surface area contributed by atoms with Crippen LogP contribution in [0.5, 0.6) is 0 Å². The van der Waals surface area contributed by atoms with Gasteiger partial charge in [-0.15, -0.1) is 0 Å². The maximum absolute atomic E-state index is 5.78. The van der Waals surface area contributed by atoms with E-state index in [1.54, 1.807) is 0 Å². The lowest BCUT2D eigenvalue weighted by Crippen LogP contribution is -2.05. The van der Waals surface area contributed by atoms with E-state index in [-0.39, 0.29) is 0 Å². The highest BCUT2D eigenvalue weighted by Gasteiger charge is 2.04. The Balaban J connectivity index is 2.96. The van der Waals surface area contributed by atoms with E-state index in [1.165, 1.54) is 6.20 Å². The summed E-state index contributed by atoms with van der Waals surface area (Å²) in [5, 5.41) is 8.30. The Morgan fingerprint density at radius 2 is 2.18 bits per heavy atom. The fraction of sp³-hybridized carbons (Fsp3) is 0.333. The fourth-order valence-electron chi connectivity index (χ4n) is 0.684. The van der Waals surface area contributed by atoms with Gasteiger partial charge in [-0.3, -0.25) is 0 Å². The lowest BCUT2D eigenvalue weighted by molar-refractivity contribution is 0.867. The van der Waals surface area contributed by atoms with Crippen LogP contribution in [0.4, 0.5) is 0 Å². The molecule has 5 heteroatoms. The van der Waals surface area contributed by atoms with Crippen molar-refractivity contribution in [3.05, 3.63) is 21.9 Å². The molecule has 1 heterocycles. The van der Waals surface area contributed by atoms with E-state index in [1.807, 2.05) is 0 Å². The molecule has 11 heavy (non-hydrogen) atoms. The zero-order valence-corrected chi connectivity index (χ0v) is 7.23. The van der Waals surface area contributed by atoms with E-state index in [0.29, 0.717) is 28.7 Å². The smallest absolute Gasteiger partial charge is 0.0844 e. The first-order chi connectivity index (χ1) is 5.25. The molecule has 3 nitrogen and oxygen atoms in total. The molecule has 0 saturated heterocycles. The minimum Gasteiger partial charge on any atom is -0.330 e. The average Bonchev–Trinajstić information content (AvgIpc) is 1.99. The van der Waals surface area contributed by atoms with Crippen molar-refractivity contribution in [3.8, 4) is 0 Å². The molecular weight excluding hydrogens is 185 g/mol. The minimum atomic E-state index is 0.421. The van der Waals surface area contributed by atoms with E-state index in [0.717, 1.165) is 0 Å². The summed E-state index contributed by atoms with van der Waals surface area (Å²) < 4.78 is 0. The molecule has 0 amide bonds. The SMILES string of the molecule is NCCc1nncc(Cl)c1Cl. The quantitative estimate of drug-likeness (QED) is 0.767. The van der Waals surface area contributed by atoms with Gasteiger partial charge in [-0.2, -0.15) is 10.2 Å². The molecule has 1 aromatic heterocycles. The number of nitrogens with two attached hydrogens (primary N) is 1. The molecule has 0 aliphatic carbocycles. The minimum absolute atomic E-state index is 0.421. The summed E-state index contributed by atoms with van der Waals surface area (Å²) in [6, 6.07) is 0. The number of halogens is 2. The van der Waals surface area contributed by atoms with Crippen LogP contribution in [0.1, 0.15) is 5.69 Å². The van der Waals surface area contributed by atoms with Gasteiger partial charge in [0.25, 0.3) is 0 Å². The highest BCUT2D eigenvalue weighted by atomic mass is 35.5. The van der Waals surface area contributed by atoms with Crippen molar-refractivity contribution in [2.75, 3.05) is 6.54 Å². The maximum Gasteiger partial charge on any atom is 0.0844 e. The predicted molar refractivity (Wildman–Crippen MR) is 44.8 cm³/mol. The van der Waals surface area contributed by atoms with Gasteiger partial charge in [0.15, 0.2) is 0 Å². The standard InChI is InChI=1S/C6H7Cl2N3/c7-4-3-10-11-5(1-2-9)6(4)8/h3H,1-2,9H2. The first kappa shape index (κ1) is 8.71. The number of aromatic nitrogens is 2. The van der Waals surface area contributed by atoms with Crippen molar-refractivity contribution in [3.63, 3.8) is 0 Å². The topological polar surface area (TPSA) is 51.8 Å². The van der Waals surface area contributed by atoms with Gasteiger partial charge in [-0.1, -0.05) is 23.2 Å². The number of rotatable bonds is 2. The largest absolute Gasteiger partial charge is 0.330 e. The Bertz CT molecular complexity index is 252. The average molecular weight is 192 g/mol. The first-order valence-electron chi connectivity index (χ1n) is 3.11.